The first-order chi connectivity index (χ1) is 12.5. The summed E-state index contributed by atoms with van der Waals surface area (Å²) in [6.07, 6.45) is 4.00. The summed E-state index contributed by atoms with van der Waals surface area (Å²) in [5.41, 5.74) is 2.50. The average molecular weight is 369 g/mol. The predicted molar refractivity (Wildman–Crippen MR) is 102 cm³/mol. The van der Waals surface area contributed by atoms with Gasteiger partial charge in [-0.3, -0.25) is 14.5 Å². The molecule has 2 amide bonds. The SMILES string of the molecule is CC1(C)CCc2ccccc2C1NC(=O)C1CC(=O)N(c2nccs2)C1. The van der Waals surface area contributed by atoms with Crippen LogP contribution in [-0.2, 0) is 16.0 Å². The van der Waals surface area contributed by atoms with Crippen molar-refractivity contribution in [2.24, 2.45) is 11.3 Å². The van der Waals surface area contributed by atoms with E-state index in [2.05, 4.69) is 42.3 Å². The number of aromatic nitrogens is 1. The van der Waals surface area contributed by atoms with Crippen LogP contribution >= 0.6 is 11.3 Å². The van der Waals surface area contributed by atoms with E-state index in [0.717, 1.165) is 12.8 Å². The molecule has 0 bridgehead atoms. The van der Waals surface area contributed by atoms with Gasteiger partial charge < -0.3 is 5.32 Å². The van der Waals surface area contributed by atoms with Gasteiger partial charge in [-0.2, -0.15) is 0 Å². The zero-order chi connectivity index (χ0) is 18.3. The summed E-state index contributed by atoms with van der Waals surface area (Å²) in [6, 6.07) is 8.32. The van der Waals surface area contributed by atoms with Gasteiger partial charge >= 0.3 is 0 Å². The van der Waals surface area contributed by atoms with Gasteiger partial charge in [-0.25, -0.2) is 4.98 Å². The number of fused-ring (bicyclic) bond motifs is 1. The third-order valence-corrected chi connectivity index (χ3v) is 6.41. The molecule has 1 aliphatic carbocycles. The molecule has 6 heteroatoms. The monoisotopic (exact) mass is 369 g/mol. The molecule has 0 saturated carbocycles. The van der Waals surface area contributed by atoms with Gasteiger partial charge in [0.25, 0.3) is 0 Å². The van der Waals surface area contributed by atoms with Crippen LogP contribution in [0, 0.1) is 11.3 Å². The van der Waals surface area contributed by atoms with Crippen molar-refractivity contribution in [2.75, 3.05) is 11.4 Å². The third-order valence-electron chi connectivity index (χ3n) is 5.62. The topological polar surface area (TPSA) is 62.3 Å². The first kappa shape index (κ1) is 17.2. The van der Waals surface area contributed by atoms with E-state index in [-0.39, 0.29) is 35.6 Å². The fraction of sp³-hybridized carbons (Fsp3) is 0.450. The zero-order valence-electron chi connectivity index (χ0n) is 15.1. The lowest BCUT2D eigenvalue weighted by atomic mass is 9.70. The van der Waals surface area contributed by atoms with E-state index in [9.17, 15) is 9.59 Å². The molecule has 1 fully saturated rings. The van der Waals surface area contributed by atoms with Crippen LogP contribution in [0.25, 0.3) is 0 Å². The molecular formula is C20H23N3O2S. The molecule has 2 aromatic rings. The Kier molecular flexibility index (Phi) is 4.31. The van der Waals surface area contributed by atoms with E-state index >= 15 is 0 Å². The zero-order valence-corrected chi connectivity index (χ0v) is 15.9. The summed E-state index contributed by atoms with van der Waals surface area (Å²) in [7, 11) is 0. The molecule has 1 aliphatic heterocycles. The Balaban J connectivity index is 1.52. The Labute approximate surface area is 157 Å². The highest BCUT2D eigenvalue weighted by molar-refractivity contribution is 7.13. The number of hydrogen-bond donors (Lipinski definition) is 1. The van der Waals surface area contributed by atoms with Crippen molar-refractivity contribution in [3.8, 4) is 0 Å². The van der Waals surface area contributed by atoms with Crippen LogP contribution in [0.4, 0.5) is 5.13 Å². The second-order valence-corrected chi connectivity index (χ2v) is 8.72. The predicted octanol–water partition coefficient (Wildman–Crippen LogP) is 3.33. The van der Waals surface area contributed by atoms with Crippen LogP contribution in [0.15, 0.2) is 35.8 Å². The Morgan fingerprint density at radius 1 is 1.35 bits per heavy atom. The number of rotatable bonds is 3. The van der Waals surface area contributed by atoms with Crippen LogP contribution in [-0.4, -0.2) is 23.3 Å². The maximum absolute atomic E-state index is 13.0. The molecule has 2 heterocycles. The van der Waals surface area contributed by atoms with Crippen LogP contribution in [0.3, 0.4) is 0 Å². The molecule has 4 rings (SSSR count). The van der Waals surface area contributed by atoms with Crippen molar-refractivity contribution in [2.45, 2.75) is 39.2 Å². The Morgan fingerprint density at radius 3 is 2.92 bits per heavy atom. The van der Waals surface area contributed by atoms with Crippen molar-refractivity contribution < 1.29 is 9.59 Å². The molecule has 0 radical (unpaired) electrons. The lowest BCUT2D eigenvalue weighted by molar-refractivity contribution is -0.127. The van der Waals surface area contributed by atoms with Crippen LogP contribution in [0.5, 0.6) is 0 Å². The normalized spacial score (nSPS) is 24.4. The largest absolute Gasteiger partial charge is 0.348 e. The van der Waals surface area contributed by atoms with Crippen molar-refractivity contribution in [3.05, 3.63) is 47.0 Å². The molecule has 2 unspecified atom stereocenters. The van der Waals surface area contributed by atoms with E-state index in [1.165, 1.54) is 22.5 Å². The number of thiazole rings is 1. The van der Waals surface area contributed by atoms with Crippen LogP contribution in [0.1, 0.15) is 43.9 Å². The molecular weight excluding hydrogens is 346 g/mol. The number of amides is 2. The second-order valence-electron chi connectivity index (χ2n) is 7.85. The summed E-state index contributed by atoms with van der Waals surface area (Å²) in [4.78, 5) is 31.1. The minimum Gasteiger partial charge on any atom is -0.348 e. The Bertz CT molecular complexity index is 831. The van der Waals surface area contributed by atoms with E-state index in [1.54, 1.807) is 11.1 Å². The van der Waals surface area contributed by atoms with Crippen LogP contribution in [0.2, 0.25) is 0 Å². The Morgan fingerprint density at radius 2 is 2.15 bits per heavy atom. The highest BCUT2D eigenvalue weighted by atomic mass is 32.1. The maximum Gasteiger partial charge on any atom is 0.229 e. The summed E-state index contributed by atoms with van der Waals surface area (Å²) in [6.45, 7) is 4.82. The lowest BCUT2D eigenvalue weighted by Gasteiger charge is -2.41. The number of benzene rings is 1. The van der Waals surface area contributed by atoms with E-state index in [1.807, 2.05) is 11.4 Å². The number of hydrogen-bond acceptors (Lipinski definition) is 4. The average Bonchev–Trinajstić information content (AvgIpc) is 3.26. The summed E-state index contributed by atoms with van der Waals surface area (Å²) in [5.74, 6) is -0.383. The van der Waals surface area contributed by atoms with Gasteiger partial charge in [-0.05, 0) is 29.4 Å². The number of anilines is 1. The van der Waals surface area contributed by atoms with Gasteiger partial charge in [0.2, 0.25) is 11.8 Å². The highest BCUT2D eigenvalue weighted by Crippen LogP contribution is 2.43. The number of nitrogens with one attached hydrogen (secondary N) is 1. The van der Waals surface area contributed by atoms with Gasteiger partial charge in [-0.15, -0.1) is 11.3 Å². The molecule has 2 aliphatic rings. The first-order valence-corrected chi connectivity index (χ1v) is 9.92. The number of carbonyl (C=O) groups is 2. The van der Waals surface area contributed by atoms with E-state index < -0.39 is 0 Å². The smallest absolute Gasteiger partial charge is 0.229 e. The number of nitrogens with zero attached hydrogens (tertiary/aromatic N) is 2. The van der Waals surface area contributed by atoms with Gasteiger partial charge in [0.05, 0.1) is 12.0 Å². The minimum atomic E-state index is -0.323. The van der Waals surface area contributed by atoms with Gasteiger partial charge in [0.1, 0.15) is 0 Å². The summed E-state index contributed by atoms with van der Waals surface area (Å²) >= 11 is 1.43. The van der Waals surface area contributed by atoms with Gasteiger partial charge in [0.15, 0.2) is 5.13 Å². The summed E-state index contributed by atoms with van der Waals surface area (Å²) < 4.78 is 0. The van der Waals surface area contributed by atoms with Crippen LogP contribution < -0.4 is 10.2 Å². The lowest BCUT2D eigenvalue weighted by Crippen LogP contribution is -2.43. The molecule has 1 aromatic heterocycles. The third kappa shape index (κ3) is 3.03. The van der Waals surface area contributed by atoms with E-state index in [0.29, 0.717) is 11.7 Å². The molecule has 1 saturated heterocycles. The quantitative estimate of drug-likeness (QED) is 0.903. The fourth-order valence-electron chi connectivity index (χ4n) is 4.02. The number of carbonyl (C=O) groups excluding carboxylic acids is 2. The molecule has 136 valence electrons. The van der Waals surface area contributed by atoms with Gasteiger partial charge in [-0.1, -0.05) is 38.1 Å². The standard InChI is InChI=1S/C20H23N3O2S/c1-20(2)8-7-13-5-3-4-6-15(13)17(20)22-18(25)14-11-16(24)23(12-14)19-21-9-10-26-19/h3-6,9-10,14,17H,7-8,11-12H2,1-2H3,(H,22,25). The highest BCUT2D eigenvalue weighted by Gasteiger charge is 2.41. The van der Waals surface area contributed by atoms with Crippen molar-refractivity contribution in [3.63, 3.8) is 0 Å². The number of aryl methyl sites for hydroxylation is 1. The minimum absolute atomic E-state index is 0.0123. The fourth-order valence-corrected chi connectivity index (χ4v) is 4.68. The summed E-state index contributed by atoms with van der Waals surface area (Å²) in [5, 5.41) is 5.78. The van der Waals surface area contributed by atoms with Crippen molar-refractivity contribution >= 4 is 28.3 Å². The first-order valence-electron chi connectivity index (χ1n) is 9.04. The molecule has 1 aromatic carbocycles. The Hall–Kier alpha value is -2.21. The van der Waals surface area contributed by atoms with E-state index in [4.69, 9.17) is 0 Å². The second kappa shape index (κ2) is 6.50. The molecule has 5 nitrogen and oxygen atoms in total. The van der Waals surface area contributed by atoms with Crippen molar-refractivity contribution in [1.29, 1.82) is 0 Å². The maximum atomic E-state index is 13.0. The molecule has 1 N–H and O–H groups in total. The van der Waals surface area contributed by atoms with Crippen molar-refractivity contribution in [1.82, 2.24) is 10.3 Å². The molecule has 2 atom stereocenters. The van der Waals surface area contributed by atoms with Gasteiger partial charge in [0, 0.05) is 24.5 Å². The molecule has 26 heavy (non-hydrogen) atoms. The molecule has 0 spiro atoms.